The molecule has 0 amide bonds. The highest BCUT2D eigenvalue weighted by Gasteiger charge is 2.39. The van der Waals surface area contributed by atoms with E-state index in [1.54, 1.807) is 18.5 Å². The van der Waals surface area contributed by atoms with Crippen LogP contribution in [0, 0.1) is 17.3 Å². The van der Waals surface area contributed by atoms with Gasteiger partial charge in [0.1, 0.15) is 11.5 Å². The molecule has 10 heteroatoms. The number of nitrogens with zero attached hydrogens (tertiary/aromatic N) is 4. The third kappa shape index (κ3) is 5.11. The minimum absolute atomic E-state index is 0.248. The summed E-state index contributed by atoms with van der Waals surface area (Å²) in [4.78, 5) is 29.6. The van der Waals surface area contributed by atoms with E-state index in [4.69, 9.17) is 5.11 Å². The van der Waals surface area contributed by atoms with Crippen molar-refractivity contribution in [2.75, 3.05) is 18.0 Å². The predicted molar refractivity (Wildman–Crippen MR) is 125 cm³/mol. The molecule has 1 saturated heterocycles. The largest absolute Gasteiger partial charge is 0.481 e. The first-order valence-corrected chi connectivity index (χ1v) is 12.0. The molecule has 3 aliphatic rings. The van der Waals surface area contributed by atoms with Crippen molar-refractivity contribution >= 4 is 23.9 Å². The molecule has 7 nitrogen and oxygen atoms in total. The zero-order chi connectivity index (χ0) is 24.6. The fourth-order valence-electron chi connectivity index (χ4n) is 5.53. The molecule has 5 rings (SSSR count). The van der Waals surface area contributed by atoms with Crippen LogP contribution in [-0.2, 0) is 4.79 Å². The van der Waals surface area contributed by atoms with Crippen molar-refractivity contribution in [1.29, 1.82) is 0 Å². The van der Waals surface area contributed by atoms with Gasteiger partial charge >= 0.3 is 12.1 Å². The zero-order valence-corrected chi connectivity index (χ0v) is 19.3. The molecule has 186 valence electrons. The summed E-state index contributed by atoms with van der Waals surface area (Å²) >= 11 is 0. The number of halogens is 3. The summed E-state index contributed by atoms with van der Waals surface area (Å²) in [5, 5.41) is 9.80. The van der Waals surface area contributed by atoms with E-state index < -0.39 is 18.1 Å². The minimum atomic E-state index is -4.36. The third-order valence-corrected chi connectivity index (χ3v) is 7.72. The molecule has 1 spiro atoms. The number of carboxylic acids is 1. The van der Waals surface area contributed by atoms with Crippen LogP contribution < -0.4 is 15.6 Å². The van der Waals surface area contributed by atoms with E-state index in [1.165, 1.54) is 6.08 Å². The molecule has 1 aliphatic heterocycles. The van der Waals surface area contributed by atoms with Crippen molar-refractivity contribution in [3.63, 3.8) is 0 Å². The highest BCUT2D eigenvalue weighted by molar-refractivity contribution is 5.67. The van der Waals surface area contributed by atoms with Gasteiger partial charge in [0, 0.05) is 19.5 Å². The maximum absolute atomic E-state index is 13.2. The van der Waals surface area contributed by atoms with Crippen LogP contribution in [0.5, 0.6) is 0 Å². The van der Waals surface area contributed by atoms with Crippen molar-refractivity contribution in [2.45, 2.75) is 51.1 Å². The van der Waals surface area contributed by atoms with Crippen LogP contribution in [0.1, 0.15) is 44.9 Å². The number of rotatable bonds is 4. The van der Waals surface area contributed by atoms with Gasteiger partial charge in [0.15, 0.2) is 5.82 Å². The number of allylic oxidation sites excluding steroid dienone is 2. The Bertz CT molecular complexity index is 1220. The van der Waals surface area contributed by atoms with Gasteiger partial charge in [-0.05, 0) is 62.0 Å². The molecule has 2 N–H and O–H groups in total. The first-order chi connectivity index (χ1) is 16.7. The van der Waals surface area contributed by atoms with E-state index >= 15 is 0 Å². The molecule has 1 saturated carbocycles. The van der Waals surface area contributed by atoms with Gasteiger partial charge in [-0.15, -0.1) is 0 Å². The van der Waals surface area contributed by atoms with Crippen LogP contribution in [0.25, 0.3) is 23.7 Å². The summed E-state index contributed by atoms with van der Waals surface area (Å²) < 4.78 is 39.5. The summed E-state index contributed by atoms with van der Waals surface area (Å²) in [6, 6.07) is 0. The molecule has 1 unspecified atom stereocenters. The maximum Gasteiger partial charge on any atom is 0.398 e. The Hall–Kier alpha value is -3.17. The fraction of sp³-hybridized carbons (Fsp3) is 0.520. The first-order valence-electron chi connectivity index (χ1n) is 12.0. The number of carboxylic acid groups (broad SMARTS) is 1. The molecule has 0 aromatic carbocycles. The molecule has 1 atom stereocenters. The second kappa shape index (κ2) is 9.13. The number of aliphatic carboxylic acids is 1. The summed E-state index contributed by atoms with van der Waals surface area (Å²) in [5.74, 6) is -0.925. The SMILES string of the molecule is O=C(O)CC1CCC2(CC1)CCN(c1cnc(-c3nc4c([nH]3)=CC=CC(C(F)(F)F)C=4)cn1)CC2. The monoisotopic (exact) mass is 487 g/mol. The van der Waals surface area contributed by atoms with Crippen molar-refractivity contribution in [2.24, 2.45) is 17.3 Å². The lowest BCUT2D eigenvalue weighted by Gasteiger charge is -2.46. The molecule has 2 aliphatic carbocycles. The Labute approximate surface area is 200 Å². The van der Waals surface area contributed by atoms with Crippen LogP contribution >= 0.6 is 0 Å². The summed E-state index contributed by atoms with van der Waals surface area (Å²) in [6.07, 6.45) is 10.7. The Morgan fingerprint density at radius 3 is 2.51 bits per heavy atom. The smallest absolute Gasteiger partial charge is 0.398 e. The molecular formula is C25H28F3N5O2. The number of imidazole rings is 1. The number of aromatic nitrogens is 4. The second-order valence-electron chi connectivity index (χ2n) is 9.96. The number of alkyl halides is 3. The summed E-state index contributed by atoms with van der Waals surface area (Å²) in [5.41, 5.74) is 0.780. The fourth-order valence-corrected chi connectivity index (χ4v) is 5.53. The van der Waals surface area contributed by atoms with Crippen LogP contribution in [0.15, 0.2) is 24.5 Å². The lowest BCUT2D eigenvalue weighted by molar-refractivity contribution is -0.145. The molecule has 2 aromatic heterocycles. The topological polar surface area (TPSA) is 95.0 Å². The molecule has 35 heavy (non-hydrogen) atoms. The Morgan fingerprint density at radius 2 is 1.89 bits per heavy atom. The average Bonchev–Trinajstić information content (AvgIpc) is 3.11. The summed E-state index contributed by atoms with van der Waals surface area (Å²) in [7, 11) is 0. The number of carbonyl (C=O) groups is 1. The van der Waals surface area contributed by atoms with Gasteiger partial charge in [-0.2, -0.15) is 13.2 Å². The molecule has 2 fully saturated rings. The molecule has 3 heterocycles. The van der Waals surface area contributed by atoms with Crippen molar-refractivity contribution in [3.8, 4) is 11.5 Å². The Morgan fingerprint density at radius 1 is 1.14 bits per heavy atom. The third-order valence-electron chi connectivity index (χ3n) is 7.72. The van der Waals surface area contributed by atoms with Crippen LogP contribution in [-0.4, -0.2) is 50.3 Å². The standard InChI is InChI=1S/C25H28F3N5O2/c26-25(27,28)17-2-1-3-18-19(13-17)32-23(31-18)20-14-30-21(15-29-20)33-10-8-24(9-11-33)6-4-16(5-7-24)12-22(34)35/h1-3,13-17H,4-12H2,(H,31,32)(H,34,35). The van der Waals surface area contributed by atoms with Gasteiger partial charge < -0.3 is 15.0 Å². The van der Waals surface area contributed by atoms with E-state index in [1.807, 2.05) is 0 Å². The van der Waals surface area contributed by atoms with Gasteiger partial charge in [-0.3, -0.25) is 4.79 Å². The van der Waals surface area contributed by atoms with E-state index in [-0.39, 0.29) is 11.8 Å². The molecular weight excluding hydrogens is 459 g/mol. The number of hydrogen-bond acceptors (Lipinski definition) is 5. The van der Waals surface area contributed by atoms with Crippen molar-refractivity contribution in [3.05, 3.63) is 35.2 Å². The first kappa shape index (κ1) is 23.6. The second-order valence-corrected chi connectivity index (χ2v) is 9.96. The van der Waals surface area contributed by atoms with E-state index in [2.05, 4.69) is 24.8 Å². The quantitative estimate of drug-likeness (QED) is 0.686. The Balaban J connectivity index is 1.24. The van der Waals surface area contributed by atoms with Crippen molar-refractivity contribution in [1.82, 2.24) is 19.9 Å². The van der Waals surface area contributed by atoms with E-state index in [9.17, 15) is 18.0 Å². The molecule has 2 aromatic rings. The lowest BCUT2D eigenvalue weighted by atomic mass is 9.65. The zero-order valence-electron chi connectivity index (χ0n) is 19.3. The van der Waals surface area contributed by atoms with Gasteiger partial charge in [0.25, 0.3) is 0 Å². The number of H-pyrrole nitrogens is 1. The van der Waals surface area contributed by atoms with E-state index in [0.29, 0.717) is 28.2 Å². The molecule has 0 bridgehead atoms. The highest BCUT2D eigenvalue weighted by Crippen LogP contribution is 2.47. The minimum Gasteiger partial charge on any atom is -0.481 e. The van der Waals surface area contributed by atoms with Crippen molar-refractivity contribution < 1.29 is 23.1 Å². The number of anilines is 1. The normalized spacial score (nSPS) is 22.3. The summed E-state index contributed by atoms with van der Waals surface area (Å²) in [6.45, 7) is 1.75. The number of fused-ring (bicyclic) bond motifs is 1. The number of aromatic amines is 1. The van der Waals surface area contributed by atoms with Gasteiger partial charge in [-0.25, -0.2) is 15.0 Å². The van der Waals surface area contributed by atoms with E-state index in [0.717, 1.165) is 69.6 Å². The predicted octanol–water partition coefficient (Wildman–Crippen LogP) is 3.43. The van der Waals surface area contributed by atoms with Gasteiger partial charge in [0.05, 0.1) is 29.0 Å². The van der Waals surface area contributed by atoms with Gasteiger partial charge in [-0.1, -0.05) is 12.2 Å². The van der Waals surface area contributed by atoms with Crippen LogP contribution in [0.3, 0.4) is 0 Å². The maximum atomic E-state index is 13.2. The van der Waals surface area contributed by atoms with Crippen LogP contribution in [0.2, 0.25) is 0 Å². The average molecular weight is 488 g/mol. The number of nitrogens with one attached hydrogen (secondary N) is 1. The Kier molecular flexibility index (Phi) is 6.14. The van der Waals surface area contributed by atoms with Gasteiger partial charge in [0.2, 0.25) is 0 Å². The lowest BCUT2D eigenvalue weighted by Crippen LogP contribution is -2.42. The number of piperidine rings is 1. The number of hydrogen-bond donors (Lipinski definition) is 2. The van der Waals surface area contributed by atoms with Crippen LogP contribution in [0.4, 0.5) is 19.0 Å². The molecule has 0 radical (unpaired) electrons. The highest BCUT2D eigenvalue weighted by atomic mass is 19.4.